The molecule has 1 atom stereocenters. The van der Waals surface area contributed by atoms with Gasteiger partial charge in [0.05, 0.1) is 0 Å². The second-order valence-electron chi connectivity index (χ2n) is 3.40. The summed E-state index contributed by atoms with van der Waals surface area (Å²) in [5.41, 5.74) is 0.846. The quantitative estimate of drug-likeness (QED) is 0.791. The normalized spacial score (nSPS) is 13.6. The maximum atomic E-state index is 12.8. The van der Waals surface area contributed by atoms with Crippen LogP contribution in [0.4, 0.5) is 23.2 Å². The Balaban J connectivity index is 2.64. The Labute approximate surface area is 89.9 Å². The van der Waals surface area contributed by atoms with E-state index in [1.165, 1.54) is 12.1 Å². The second-order valence-corrected chi connectivity index (χ2v) is 3.40. The molecule has 0 amide bonds. The molecule has 2 N–H and O–H groups in total. The molecule has 6 heteroatoms. The van der Waals surface area contributed by atoms with Crippen LogP contribution in [0.25, 0.3) is 0 Å². The number of nitrogens with one attached hydrogen (secondary N) is 1. The topological polar surface area (TPSA) is 32.3 Å². The highest BCUT2D eigenvalue weighted by atomic mass is 19.4. The van der Waals surface area contributed by atoms with Gasteiger partial charge < -0.3 is 10.4 Å². The van der Waals surface area contributed by atoms with Crippen molar-refractivity contribution < 1.29 is 22.7 Å². The van der Waals surface area contributed by atoms with Gasteiger partial charge in [-0.3, -0.25) is 0 Å². The minimum atomic E-state index is -4.67. The molecule has 0 aromatic heterocycles. The molecule has 1 aromatic rings. The molecule has 1 unspecified atom stereocenters. The summed E-state index contributed by atoms with van der Waals surface area (Å²) >= 11 is 0. The van der Waals surface area contributed by atoms with Crippen LogP contribution in [0.3, 0.4) is 0 Å². The maximum Gasteiger partial charge on any atom is 0.416 e. The zero-order valence-electron chi connectivity index (χ0n) is 8.48. The third kappa shape index (κ3) is 3.37. The molecule has 1 rings (SSSR count). The van der Waals surface area contributed by atoms with Crippen molar-refractivity contribution in [1.29, 1.82) is 0 Å². The van der Waals surface area contributed by atoms with E-state index in [-0.39, 0.29) is 5.69 Å². The summed E-state index contributed by atoms with van der Waals surface area (Å²) in [5.74, 6) is -0.547. The van der Waals surface area contributed by atoms with E-state index in [9.17, 15) is 17.6 Å². The molecular formula is C10H11F4NO. The van der Waals surface area contributed by atoms with E-state index in [2.05, 4.69) is 5.32 Å². The van der Waals surface area contributed by atoms with Crippen LogP contribution < -0.4 is 5.32 Å². The highest BCUT2D eigenvalue weighted by molar-refractivity contribution is 5.50. The minimum absolute atomic E-state index is 0.239. The van der Waals surface area contributed by atoms with Crippen LogP contribution in [0.15, 0.2) is 18.2 Å². The lowest BCUT2D eigenvalue weighted by Crippen LogP contribution is -2.35. The Kier molecular flexibility index (Phi) is 3.74. The smallest absolute Gasteiger partial charge is 0.382 e. The lowest BCUT2D eigenvalue weighted by atomic mass is 10.2. The standard InChI is InChI=1S/C10H11F4NO/c1-6-2-3-7(11)4-8(6)15-5-9(16)10(12,13)14/h2-4,9,15-16H,5H2,1H3. The van der Waals surface area contributed by atoms with Crippen LogP contribution in [-0.2, 0) is 0 Å². The minimum Gasteiger partial charge on any atom is -0.382 e. The molecule has 0 saturated heterocycles. The van der Waals surface area contributed by atoms with Crippen LogP contribution in [0.1, 0.15) is 5.56 Å². The molecule has 0 bridgehead atoms. The molecule has 16 heavy (non-hydrogen) atoms. The molecule has 0 aliphatic rings. The van der Waals surface area contributed by atoms with Gasteiger partial charge in [0.2, 0.25) is 0 Å². The van der Waals surface area contributed by atoms with E-state index in [4.69, 9.17) is 5.11 Å². The zero-order valence-corrected chi connectivity index (χ0v) is 8.48. The van der Waals surface area contributed by atoms with E-state index in [1.54, 1.807) is 6.92 Å². The van der Waals surface area contributed by atoms with Crippen molar-refractivity contribution in [3.8, 4) is 0 Å². The summed E-state index contributed by atoms with van der Waals surface area (Å²) in [6.07, 6.45) is -7.14. The number of anilines is 1. The molecule has 0 spiro atoms. The summed E-state index contributed by atoms with van der Waals surface area (Å²) in [5, 5.41) is 11.1. The van der Waals surface area contributed by atoms with Gasteiger partial charge in [-0.25, -0.2) is 4.39 Å². The third-order valence-electron chi connectivity index (χ3n) is 2.06. The fourth-order valence-electron chi connectivity index (χ4n) is 1.11. The van der Waals surface area contributed by atoms with Crippen molar-refractivity contribution in [1.82, 2.24) is 0 Å². The molecule has 0 fully saturated rings. The Bertz CT molecular complexity index is 364. The predicted molar refractivity (Wildman–Crippen MR) is 51.7 cm³/mol. The lowest BCUT2D eigenvalue weighted by Gasteiger charge is -2.16. The monoisotopic (exact) mass is 237 g/mol. The van der Waals surface area contributed by atoms with Crippen molar-refractivity contribution in [2.45, 2.75) is 19.2 Å². The molecule has 2 nitrogen and oxygen atoms in total. The van der Waals surface area contributed by atoms with Crippen molar-refractivity contribution in [3.05, 3.63) is 29.6 Å². The van der Waals surface area contributed by atoms with E-state index in [0.29, 0.717) is 5.56 Å². The highest BCUT2D eigenvalue weighted by Gasteiger charge is 2.37. The average molecular weight is 237 g/mol. The largest absolute Gasteiger partial charge is 0.416 e. The van der Waals surface area contributed by atoms with E-state index in [0.717, 1.165) is 6.07 Å². The lowest BCUT2D eigenvalue weighted by molar-refractivity contribution is -0.198. The summed E-state index contributed by atoms with van der Waals surface area (Å²) in [7, 11) is 0. The van der Waals surface area contributed by atoms with Crippen molar-refractivity contribution in [2.75, 3.05) is 11.9 Å². The molecule has 0 radical (unpaired) electrons. The summed E-state index contributed by atoms with van der Waals surface area (Å²) in [6, 6.07) is 3.73. The first-order chi connectivity index (χ1) is 7.30. The van der Waals surface area contributed by atoms with Crippen LogP contribution in [0.5, 0.6) is 0 Å². The fourth-order valence-corrected chi connectivity index (χ4v) is 1.11. The van der Waals surface area contributed by atoms with E-state index in [1.807, 2.05) is 0 Å². The average Bonchev–Trinajstić information content (AvgIpc) is 2.17. The van der Waals surface area contributed by atoms with Gasteiger partial charge in [0.1, 0.15) is 5.82 Å². The predicted octanol–water partition coefficient (Wildman–Crippen LogP) is 2.47. The van der Waals surface area contributed by atoms with Crippen molar-refractivity contribution in [2.24, 2.45) is 0 Å². The number of aryl methyl sites for hydroxylation is 1. The van der Waals surface area contributed by atoms with Gasteiger partial charge in [0.25, 0.3) is 0 Å². The van der Waals surface area contributed by atoms with Crippen LogP contribution in [0.2, 0.25) is 0 Å². The number of aliphatic hydroxyl groups excluding tert-OH is 1. The van der Waals surface area contributed by atoms with Gasteiger partial charge in [0, 0.05) is 12.2 Å². The number of halogens is 4. The number of hydrogen-bond donors (Lipinski definition) is 2. The Morgan fingerprint density at radius 3 is 2.56 bits per heavy atom. The first-order valence-corrected chi connectivity index (χ1v) is 4.55. The van der Waals surface area contributed by atoms with Gasteiger partial charge in [-0.15, -0.1) is 0 Å². The van der Waals surface area contributed by atoms with E-state index < -0.39 is 24.6 Å². The number of benzene rings is 1. The number of aliphatic hydroxyl groups is 1. The van der Waals surface area contributed by atoms with E-state index >= 15 is 0 Å². The van der Waals surface area contributed by atoms with Crippen LogP contribution >= 0.6 is 0 Å². The number of alkyl halides is 3. The fraction of sp³-hybridized carbons (Fsp3) is 0.400. The van der Waals surface area contributed by atoms with Crippen LogP contribution in [-0.4, -0.2) is 23.9 Å². The molecule has 1 aromatic carbocycles. The van der Waals surface area contributed by atoms with Crippen LogP contribution in [0, 0.1) is 12.7 Å². The summed E-state index contributed by atoms with van der Waals surface area (Å²) < 4.78 is 48.7. The van der Waals surface area contributed by atoms with Crippen molar-refractivity contribution in [3.63, 3.8) is 0 Å². The molecular weight excluding hydrogens is 226 g/mol. The number of hydrogen-bond acceptors (Lipinski definition) is 2. The SMILES string of the molecule is Cc1ccc(F)cc1NCC(O)C(F)(F)F. The first kappa shape index (κ1) is 12.8. The van der Waals surface area contributed by atoms with Gasteiger partial charge >= 0.3 is 6.18 Å². The number of rotatable bonds is 3. The van der Waals surface area contributed by atoms with Gasteiger partial charge in [-0.2, -0.15) is 13.2 Å². The zero-order chi connectivity index (χ0) is 12.3. The Hall–Kier alpha value is -1.30. The highest BCUT2D eigenvalue weighted by Crippen LogP contribution is 2.21. The summed E-state index contributed by atoms with van der Waals surface area (Å²) in [6.45, 7) is 0.926. The third-order valence-corrected chi connectivity index (χ3v) is 2.06. The second kappa shape index (κ2) is 4.69. The molecule has 0 saturated carbocycles. The molecule has 90 valence electrons. The Morgan fingerprint density at radius 2 is 2.00 bits per heavy atom. The molecule has 0 aliphatic heterocycles. The maximum absolute atomic E-state index is 12.8. The molecule has 0 heterocycles. The summed E-state index contributed by atoms with van der Waals surface area (Å²) in [4.78, 5) is 0. The van der Waals surface area contributed by atoms with Gasteiger partial charge in [0.15, 0.2) is 6.10 Å². The van der Waals surface area contributed by atoms with Gasteiger partial charge in [-0.05, 0) is 24.6 Å². The van der Waals surface area contributed by atoms with Gasteiger partial charge in [-0.1, -0.05) is 6.07 Å². The first-order valence-electron chi connectivity index (χ1n) is 4.55. The van der Waals surface area contributed by atoms with Crippen molar-refractivity contribution >= 4 is 5.69 Å². The Morgan fingerprint density at radius 1 is 1.38 bits per heavy atom. The molecule has 0 aliphatic carbocycles.